The summed E-state index contributed by atoms with van der Waals surface area (Å²) in [5.74, 6) is 2.10. The van der Waals surface area contributed by atoms with Gasteiger partial charge in [0.2, 0.25) is 0 Å². The number of hydrogen-bond acceptors (Lipinski definition) is 2. The summed E-state index contributed by atoms with van der Waals surface area (Å²) in [6.07, 6.45) is 5.64. The molecule has 0 saturated heterocycles. The number of allylic oxidation sites excluding steroid dienone is 1. The Kier molecular flexibility index (Phi) is 2.59. The molecule has 8 atom stereocenters. The van der Waals surface area contributed by atoms with Crippen LogP contribution in [0.5, 0.6) is 0 Å². The second-order valence-electron chi connectivity index (χ2n) is 9.32. The zero-order chi connectivity index (χ0) is 16.1. The number of carbonyl (C=O) groups is 2. The van der Waals surface area contributed by atoms with Crippen LogP contribution >= 0.6 is 0 Å². The summed E-state index contributed by atoms with van der Waals surface area (Å²) in [4.78, 5) is 24.5. The predicted octanol–water partition coefficient (Wildman–Crippen LogP) is 3.89. The van der Waals surface area contributed by atoms with E-state index in [1.54, 1.807) is 0 Å². The van der Waals surface area contributed by atoms with Crippen molar-refractivity contribution in [1.29, 1.82) is 0 Å². The predicted molar refractivity (Wildman–Crippen MR) is 84.4 cm³/mol. The Labute approximate surface area is 136 Å². The topological polar surface area (TPSA) is 34.1 Å². The van der Waals surface area contributed by atoms with E-state index in [2.05, 4.69) is 6.92 Å². The Morgan fingerprint density at radius 3 is 2.65 bits per heavy atom. The molecule has 0 N–H and O–H groups in total. The van der Waals surface area contributed by atoms with Crippen LogP contribution in [0.1, 0.15) is 52.4 Å². The summed E-state index contributed by atoms with van der Waals surface area (Å²) < 4.78 is 15.4. The van der Waals surface area contributed by atoms with E-state index in [9.17, 15) is 9.59 Å². The molecule has 0 spiro atoms. The average molecular weight is 316 g/mol. The second kappa shape index (κ2) is 4.15. The molecule has 5 aliphatic rings. The van der Waals surface area contributed by atoms with Crippen LogP contribution in [0.25, 0.3) is 0 Å². The lowest BCUT2D eigenvalue weighted by atomic mass is 9.46. The van der Waals surface area contributed by atoms with E-state index >= 15 is 4.39 Å². The molecule has 0 aliphatic heterocycles. The molecule has 0 amide bonds. The maximum atomic E-state index is 15.4. The van der Waals surface area contributed by atoms with Crippen LogP contribution in [0.2, 0.25) is 0 Å². The van der Waals surface area contributed by atoms with E-state index in [1.165, 1.54) is 5.57 Å². The third-order valence-electron chi connectivity index (χ3n) is 8.31. The average Bonchev–Trinajstić information content (AvgIpc) is 3.22. The minimum absolute atomic E-state index is 0.0147. The minimum atomic E-state index is -0.899. The smallest absolute Gasteiger partial charge is 0.155 e. The van der Waals surface area contributed by atoms with Crippen LogP contribution in [0.4, 0.5) is 4.39 Å². The second-order valence-corrected chi connectivity index (χ2v) is 9.32. The van der Waals surface area contributed by atoms with Crippen molar-refractivity contribution in [2.24, 2.45) is 40.4 Å². The van der Waals surface area contributed by atoms with Crippen LogP contribution in [0, 0.1) is 40.4 Å². The molecule has 0 bridgehead atoms. The van der Waals surface area contributed by atoms with Crippen molar-refractivity contribution in [3.63, 3.8) is 0 Å². The molecule has 5 rings (SSSR count). The van der Waals surface area contributed by atoms with Crippen molar-refractivity contribution in [3.8, 4) is 0 Å². The highest BCUT2D eigenvalue weighted by atomic mass is 19.1. The number of fused-ring (bicyclic) bond motifs is 7. The summed E-state index contributed by atoms with van der Waals surface area (Å²) in [5, 5.41) is 0. The van der Waals surface area contributed by atoms with E-state index in [0.29, 0.717) is 36.4 Å². The quantitative estimate of drug-likeness (QED) is 0.679. The number of rotatable bonds is 0. The number of halogens is 1. The Morgan fingerprint density at radius 1 is 1.09 bits per heavy atom. The monoisotopic (exact) mass is 316 g/mol. The maximum Gasteiger partial charge on any atom is 0.155 e. The molecule has 0 heterocycles. The Bertz CT molecular complexity index is 652. The molecular weight excluding hydrogens is 291 g/mol. The van der Waals surface area contributed by atoms with Crippen molar-refractivity contribution in [2.75, 3.05) is 0 Å². The molecule has 5 aliphatic carbocycles. The summed E-state index contributed by atoms with van der Waals surface area (Å²) in [6, 6.07) is 0. The first-order valence-electron chi connectivity index (χ1n) is 9.28. The van der Waals surface area contributed by atoms with Gasteiger partial charge in [-0.3, -0.25) is 9.59 Å². The zero-order valence-electron chi connectivity index (χ0n) is 14.0. The molecule has 0 radical (unpaired) electrons. The van der Waals surface area contributed by atoms with E-state index in [-0.39, 0.29) is 23.0 Å². The van der Waals surface area contributed by atoms with E-state index < -0.39 is 11.6 Å². The molecular formula is C20H25FO2. The third-order valence-corrected chi connectivity index (χ3v) is 8.31. The fraction of sp³-hybridized carbons (Fsp3) is 0.800. The van der Waals surface area contributed by atoms with Gasteiger partial charge in [-0.2, -0.15) is 0 Å². The van der Waals surface area contributed by atoms with Crippen LogP contribution in [0.15, 0.2) is 11.6 Å². The Morgan fingerprint density at radius 2 is 1.87 bits per heavy atom. The van der Waals surface area contributed by atoms with Crippen LogP contribution in [-0.4, -0.2) is 17.7 Å². The van der Waals surface area contributed by atoms with Gasteiger partial charge in [-0.1, -0.05) is 19.4 Å². The number of ketones is 2. The fourth-order valence-electron chi connectivity index (χ4n) is 7.29. The first-order chi connectivity index (χ1) is 10.9. The highest BCUT2D eigenvalue weighted by molar-refractivity contribution is 5.93. The van der Waals surface area contributed by atoms with E-state index in [1.807, 2.05) is 13.0 Å². The van der Waals surface area contributed by atoms with E-state index in [0.717, 1.165) is 25.7 Å². The molecule has 4 saturated carbocycles. The normalized spacial score (nSPS) is 57.1. The fourth-order valence-corrected chi connectivity index (χ4v) is 7.29. The number of hydrogen-bond donors (Lipinski definition) is 0. The maximum absolute atomic E-state index is 15.4. The van der Waals surface area contributed by atoms with Gasteiger partial charge in [0, 0.05) is 23.7 Å². The number of carbonyl (C=O) groups excluding carboxylic acids is 2. The van der Waals surface area contributed by atoms with Crippen LogP contribution < -0.4 is 0 Å². The van der Waals surface area contributed by atoms with Gasteiger partial charge in [-0.05, 0) is 61.3 Å². The molecule has 4 fully saturated rings. The third kappa shape index (κ3) is 1.59. The van der Waals surface area contributed by atoms with Gasteiger partial charge in [-0.25, -0.2) is 4.39 Å². The molecule has 0 aromatic carbocycles. The van der Waals surface area contributed by atoms with Gasteiger partial charge in [0.15, 0.2) is 5.78 Å². The van der Waals surface area contributed by atoms with Crippen LogP contribution in [0.3, 0.4) is 0 Å². The standard InChI is InChI=1S/C20H25FO2/c1-19-6-5-11(22)7-10(19)3-4-12-16-13-8-14(13)18(23)20(16,2)9-15(21)17(12)19/h7,12-17H,3-6,8-9H2,1-2H3/t12?,13?,14?,15-,16?,17?,19-,20-/m0/s1. The minimum Gasteiger partial charge on any atom is -0.299 e. The van der Waals surface area contributed by atoms with E-state index in [4.69, 9.17) is 0 Å². The SMILES string of the molecule is C[C@]12CCC(=O)C=C1CCC1C2[C@@H](F)C[C@]2(C)C(=O)C3CC3C12. The first-order valence-corrected chi connectivity index (χ1v) is 9.28. The Balaban J connectivity index is 1.59. The number of Topliss-reactive ketones (excluding diaryl/α,β-unsaturated/α-hetero) is 1. The molecule has 2 nitrogen and oxygen atoms in total. The first kappa shape index (κ1) is 14.4. The lowest BCUT2D eigenvalue weighted by Gasteiger charge is -2.58. The highest BCUT2D eigenvalue weighted by Crippen LogP contribution is 2.72. The van der Waals surface area contributed by atoms with Gasteiger partial charge in [-0.15, -0.1) is 0 Å². The van der Waals surface area contributed by atoms with Gasteiger partial charge in [0.05, 0.1) is 0 Å². The van der Waals surface area contributed by atoms with Crippen LogP contribution in [-0.2, 0) is 9.59 Å². The molecule has 5 unspecified atom stereocenters. The lowest BCUT2D eigenvalue weighted by molar-refractivity contribution is -0.143. The molecule has 124 valence electrons. The van der Waals surface area contributed by atoms with Gasteiger partial charge < -0.3 is 0 Å². The van der Waals surface area contributed by atoms with Crippen molar-refractivity contribution in [3.05, 3.63) is 11.6 Å². The van der Waals surface area contributed by atoms with Crippen molar-refractivity contribution in [1.82, 2.24) is 0 Å². The zero-order valence-corrected chi connectivity index (χ0v) is 14.0. The Hall–Kier alpha value is -0.990. The largest absolute Gasteiger partial charge is 0.299 e. The van der Waals surface area contributed by atoms with Crippen molar-refractivity contribution < 1.29 is 14.0 Å². The van der Waals surface area contributed by atoms with Gasteiger partial charge in [0.25, 0.3) is 0 Å². The number of alkyl halides is 1. The molecule has 3 heteroatoms. The summed E-state index contributed by atoms with van der Waals surface area (Å²) >= 11 is 0. The lowest BCUT2D eigenvalue weighted by Crippen LogP contribution is -2.56. The summed E-state index contributed by atoms with van der Waals surface area (Å²) in [7, 11) is 0. The van der Waals surface area contributed by atoms with Crippen molar-refractivity contribution in [2.45, 2.75) is 58.5 Å². The highest BCUT2D eigenvalue weighted by Gasteiger charge is 2.72. The van der Waals surface area contributed by atoms with Gasteiger partial charge in [0.1, 0.15) is 12.0 Å². The summed E-state index contributed by atoms with van der Waals surface area (Å²) in [5.41, 5.74) is 0.627. The molecule has 0 aromatic rings. The summed E-state index contributed by atoms with van der Waals surface area (Å²) in [6.45, 7) is 4.24. The molecule has 23 heavy (non-hydrogen) atoms. The molecule has 0 aromatic heterocycles. The van der Waals surface area contributed by atoms with Gasteiger partial charge >= 0.3 is 0 Å². The van der Waals surface area contributed by atoms with Crippen molar-refractivity contribution >= 4 is 11.6 Å².